The number of amides is 1. The van der Waals surface area contributed by atoms with E-state index in [1.165, 1.54) is 0 Å². The number of thioether (sulfide) groups is 1. The van der Waals surface area contributed by atoms with Crippen molar-refractivity contribution in [3.8, 4) is 0 Å². The minimum Gasteiger partial charge on any atom is -0.368 e. The highest BCUT2D eigenvalue weighted by molar-refractivity contribution is 7.99. The third-order valence-corrected chi connectivity index (χ3v) is 5.11. The number of nitrogens with zero attached hydrogens (tertiary/aromatic N) is 2. The smallest absolute Gasteiger partial charge is 0.238 e. The molecule has 0 spiro atoms. The van der Waals surface area contributed by atoms with Crippen LogP contribution in [-0.2, 0) is 4.79 Å². The van der Waals surface area contributed by atoms with Crippen molar-refractivity contribution >= 4 is 17.7 Å². The minimum absolute atomic E-state index is 0.197. The fourth-order valence-electron chi connectivity index (χ4n) is 3.14. The highest BCUT2D eigenvalue weighted by Gasteiger charge is 2.46. The summed E-state index contributed by atoms with van der Waals surface area (Å²) in [4.78, 5) is 16.3. The predicted molar refractivity (Wildman–Crippen MR) is 84.0 cm³/mol. The number of H-pyrrole nitrogens is 1. The predicted octanol–water partition coefficient (Wildman–Crippen LogP) is 1.62. The van der Waals surface area contributed by atoms with Gasteiger partial charge in [-0.3, -0.25) is 9.89 Å². The third-order valence-electron chi connectivity index (χ3n) is 4.22. The Hall–Kier alpha value is -1.08. The van der Waals surface area contributed by atoms with Crippen LogP contribution in [0.25, 0.3) is 0 Å². The van der Waals surface area contributed by atoms with Gasteiger partial charge >= 0.3 is 0 Å². The fraction of sp³-hybridized carbons (Fsp3) is 0.786. The maximum Gasteiger partial charge on any atom is 0.238 e. The second kappa shape index (κ2) is 7.26. The van der Waals surface area contributed by atoms with Crippen LogP contribution in [0, 0.1) is 12.8 Å². The molecule has 118 valence electrons. The summed E-state index contributed by atoms with van der Waals surface area (Å²) in [5.74, 6) is 1.85. The maximum absolute atomic E-state index is 12.0. The minimum atomic E-state index is -0.508. The number of primary amides is 1. The summed E-state index contributed by atoms with van der Waals surface area (Å²) in [7, 11) is 0. The summed E-state index contributed by atoms with van der Waals surface area (Å²) in [6, 6.07) is 0. The van der Waals surface area contributed by atoms with Gasteiger partial charge in [0.1, 0.15) is 11.4 Å². The van der Waals surface area contributed by atoms with E-state index >= 15 is 0 Å². The monoisotopic (exact) mass is 311 g/mol. The lowest BCUT2D eigenvalue weighted by molar-refractivity contribution is -0.126. The van der Waals surface area contributed by atoms with Crippen LogP contribution in [0.4, 0.5) is 0 Å². The molecule has 0 radical (unpaired) electrons. The van der Waals surface area contributed by atoms with Gasteiger partial charge in [-0.25, -0.2) is 4.98 Å². The van der Waals surface area contributed by atoms with Gasteiger partial charge < -0.3 is 11.1 Å². The lowest BCUT2D eigenvalue weighted by Crippen LogP contribution is -2.58. The molecule has 6 nitrogen and oxygen atoms in total. The first-order chi connectivity index (χ1) is 10.1. The molecule has 2 unspecified atom stereocenters. The number of rotatable bonds is 8. The molecule has 0 aliphatic heterocycles. The molecule has 1 saturated carbocycles. The zero-order valence-electron chi connectivity index (χ0n) is 12.8. The van der Waals surface area contributed by atoms with E-state index in [-0.39, 0.29) is 5.91 Å². The second-order valence-corrected chi connectivity index (χ2v) is 6.75. The molecule has 1 fully saturated rings. The molecule has 1 aliphatic carbocycles. The van der Waals surface area contributed by atoms with Crippen LogP contribution >= 0.6 is 11.8 Å². The van der Waals surface area contributed by atoms with E-state index in [4.69, 9.17) is 5.73 Å². The number of nitrogens with one attached hydrogen (secondary N) is 2. The van der Waals surface area contributed by atoms with Crippen molar-refractivity contribution in [1.82, 2.24) is 20.5 Å². The molecule has 1 aromatic rings. The van der Waals surface area contributed by atoms with E-state index < -0.39 is 5.54 Å². The van der Waals surface area contributed by atoms with Gasteiger partial charge in [0.25, 0.3) is 0 Å². The molecule has 1 aromatic heterocycles. The highest BCUT2D eigenvalue weighted by Crippen LogP contribution is 2.38. The number of hydrogen-bond acceptors (Lipinski definition) is 5. The zero-order valence-corrected chi connectivity index (χ0v) is 13.6. The first-order valence-electron chi connectivity index (χ1n) is 7.65. The number of aromatic amines is 1. The molecule has 2 atom stereocenters. The van der Waals surface area contributed by atoms with Gasteiger partial charge in [-0.15, -0.1) is 5.10 Å². The fourth-order valence-corrected chi connectivity index (χ4v) is 4.04. The van der Waals surface area contributed by atoms with E-state index in [1.54, 1.807) is 11.8 Å². The number of carbonyl (C=O) groups is 1. The molecule has 0 aromatic carbocycles. The maximum atomic E-state index is 12.0. The first-order valence-corrected chi connectivity index (χ1v) is 8.64. The van der Waals surface area contributed by atoms with Crippen molar-refractivity contribution < 1.29 is 4.79 Å². The van der Waals surface area contributed by atoms with Gasteiger partial charge in [0, 0.05) is 5.75 Å². The summed E-state index contributed by atoms with van der Waals surface area (Å²) in [5.41, 5.74) is 5.20. The summed E-state index contributed by atoms with van der Waals surface area (Å²) in [5, 5.41) is 11.2. The molecule has 0 bridgehead atoms. The van der Waals surface area contributed by atoms with Crippen LogP contribution in [0.3, 0.4) is 0 Å². The van der Waals surface area contributed by atoms with Crippen LogP contribution in [0.15, 0.2) is 5.16 Å². The number of carbonyl (C=O) groups excluding carboxylic acids is 1. The standard InChI is InChI=1S/C14H25N5OS/c1-3-8-16-14(12(15)20)7-4-5-11(14)6-9-21-13-17-10(2)18-19-13/h11,16H,3-9H2,1-2H3,(H2,15,20)(H,17,18,19). The Morgan fingerprint density at radius 2 is 2.43 bits per heavy atom. The lowest BCUT2D eigenvalue weighted by Gasteiger charge is -2.33. The molecule has 21 heavy (non-hydrogen) atoms. The number of aryl methyl sites for hydroxylation is 1. The van der Waals surface area contributed by atoms with Gasteiger partial charge in [-0.05, 0) is 45.1 Å². The van der Waals surface area contributed by atoms with Gasteiger partial charge in [0.05, 0.1) is 0 Å². The molecule has 4 N–H and O–H groups in total. The molecular formula is C14H25N5OS. The van der Waals surface area contributed by atoms with Crippen LogP contribution < -0.4 is 11.1 Å². The summed E-state index contributed by atoms with van der Waals surface area (Å²) >= 11 is 1.63. The van der Waals surface area contributed by atoms with Crippen molar-refractivity contribution in [2.75, 3.05) is 12.3 Å². The number of hydrogen-bond donors (Lipinski definition) is 3. The number of aromatic nitrogens is 3. The van der Waals surface area contributed by atoms with Crippen molar-refractivity contribution in [2.24, 2.45) is 11.7 Å². The normalized spacial score (nSPS) is 25.3. The first kappa shape index (κ1) is 16.3. The number of nitrogens with two attached hydrogens (primary N) is 1. The van der Waals surface area contributed by atoms with Crippen LogP contribution in [0.5, 0.6) is 0 Å². The Balaban J connectivity index is 1.91. The van der Waals surface area contributed by atoms with E-state index in [0.29, 0.717) is 5.92 Å². The van der Waals surface area contributed by atoms with E-state index in [9.17, 15) is 4.79 Å². The molecule has 2 rings (SSSR count). The van der Waals surface area contributed by atoms with Crippen molar-refractivity contribution in [1.29, 1.82) is 0 Å². The molecule has 0 saturated heterocycles. The Bertz CT molecular complexity index is 478. The average molecular weight is 311 g/mol. The van der Waals surface area contributed by atoms with Gasteiger partial charge in [-0.2, -0.15) is 0 Å². The summed E-state index contributed by atoms with van der Waals surface area (Å²) < 4.78 is 0. The Morgan fingerprint density at radius 1 is 1.62 bits per heavy atom. The molecule has 7 heteroatoms. The lowest BCUT2D eigenvalue weighted by atomic mass is 9.84. The summed E-state index contributed by atoms with van der Waals surface area (Å²) in [6.07, 6.45) is 4.95. The second-order valence-electron chi connectivity index (χ2n) is 5.69. The Kier molecular flexibility index (Phi) is 5.64. The van der Waals surface area contributed by atoms with E-state index in [1.807, 2.05) is 6.92 Å². The Labute approximate surface area is 130 Å². The highest BCUT2D eigenvalue weighted by atomic mass is 32.2. The molecular weight excluding hydrogens is 286 g/mol. The molecule has 1 aliphatic rings. The zero-order chi connectivity index (χ0) is 15.3. The average Bonchev–Trinajstić information content (AvgIpc) is 3.04. The molecule has 1 amide bonds. The topological polar surface area (TPSA) is 96.7 Å². The third kappa shape index (κ3) is 3.77. The summed E-state index contributed by atoms with van der Waals surface area (Å²) in [6.45, 7) is 4.83. The van der Waals surface area contributed by atoms with Gasteiger partial charge in [0.15, 0.2) is 0 Å². The van der Waals surface area contributed by atoms with Crippen molar-refractivity contribution in [3.63, 3.8) is 0 Å². The SMILES string of the molecule is CCCNC1(C(N)=O)CCCC1CCSc1n[nH]c(C)n1. The largest absolute Gasteiger partial charge is 0.368 e. The van der Waals surface area contributed by atoms with E-state index in [0.717, 1.165) is 55.4 Å². The van der Waals surface area contributed by atoms with Gasteiger partial charge in [0.2, 0.25) is 11.1 Å². The van der Waals surface area contributed by atoms with E-state index in [2.05, 4.69) is 27.4 Å². The van der Waals surface area contributed by atoms with Crippen molar-refractivity contribution in [3.05, 3.63) is 5.82 Å². The van der Waals surface area contributed by atoms with Crippen LogP contribution in [0.2, 0.25) is 0 Å². The van der Waals surface area contributed by atoms with Gasteiger partial charge in [-0.1, -0.05) is 25.1 Å². The van der Waals surface area contributed by atoms with Crippen molar-refractivity contribution in [2.45, 2.75) is 56.6 Å². The van der Waals surface area contributed by atoms with Crippen LogP contribution in [-0.4, -0.2) is 38.9 Å². The molecule has 1 heterocycles. The Morgan fingerprint density at radius 3 is 3.05 bits per heavy atom. The van der Waals surface area contributed by atoms with Crippen LogP contribution in [0.1, 0.15) is 44.9 Å². The quantitative estimate of drug-likeness (QED) is 0.634.